The molecule has 0 spiro atoms. The van der Waals surface area contributed by atoms with E-state index in [2.05, 4.69) is 13.8 Å². The normalized spacial score (nSPS) is 29.0. The molecule has 2 rings (SSSR count). The number of rotatable bonds is 3. The van der Waals surface area contributed by atoms with Crippen LogP contribution < -0.4 is 4.74 Å². The molecule has 1 aliphatic rings. The standard InChI is InChI=1S/C16H23FO2/c1-10-4-5-13(8-11(10)2)19-14-6-7-15(12(3)18)16(17)9-14/h6-7,9-13,18H,4-5,8H2,1-3H3. The van der Waals surface area contributed by atoms with Gasteiger partial charge < -0.3 is 9.84 Å². The van der Waals surface area contributed by atoms with Crippen LogP contribution in [0.3, 0.4) is 0 Å². The molecule has 4 unspecified atom stereocenters. The fourth-order valence-electron chi connectivity index (χ4n) is 2.72. The van der Waals surface area contributed by atoms with E-state index in [-0.39, 0.29) is 6.10 Å². The molecule has 0 heterocycles. The second-order valence-corrected chi connectivity index (χ2v) is 5.87. The van der Waals surface area contributed by atoms with Crippen molar-refractivity contribution in [2.75, 3.05) is 0 Å². The van der Waals surface area contributed by atoms with Crippen LogP contribution in [0.4, 0.5) is 4.39 Å². The van der Waals surface area contributed by atoms with E-state index in [1.807, 2.05) is 0 Å². The highest BCUT2D eigenvalue weighted by molar-refractivity contribution is 5.30. The summed E-state index contributed by atoms with van der Waals surface area (Å²) in [6.45, 7) is 6.08. The number of hydrogen-bond acceptors (Lipinski definition) is 2. The molecular formula is C16H23FO2. The van der Waals surface area contributed by atoms with Crippen molar-refractivity contribution in [3.63, 3.8) is 0 Å². The Bertz CT molecular complexity index is 431. The van der Waals surface area contributed by atoms with Crippen LogP contribution in [0.25, 0.3) is 0 Å². The summed E-state index contributed by atoms with van der Waals surface area (Å²) in [6.07, 6.45) is 2.62. The Morgan fingerprint density at radius 1 is 1.26 bits per heavy atom. The van der Waals surface area contributed by atoms with Crippen molar-refractivity contribution in [2.45, 2.75) is 52.2 Å². The summed E-state index contributed by atoms with van der Waals surface area (Å²) in [5.74, 6) is 1.56. The predicted molar refractivity (Wildman–Crippen MR) is 73.6 cm³/mol. The van der Waals surface area contributed by atoms with Crippen LogP contribution in [0.2, 0.25) is 0 Å². The second kappa shape index (κ2) is 5.91. The van der Waals surface area contributed by atoms with Gasteiger partial charge in [0.1, 0.15) is 11.6 Å². The summed E-state index contributed by atoms with van der Waals surface area (Å²) in [4.78, 5) is 0. The zero-order valence-corrected chi connectivity index (χ0v) is 11.9. The minimum Gasteiger partial charge on any atom is -0.490 e. The van der Waals surface area contributed by atoms with Gasteiger partial charge in [0.25, 0.3) is 0 Å². The van der Waals surface area contributed by atoms with Crippen LogP contribution in [-0.2, 0) is 0 Å². The Hall–Kier alpha value is -1.09. The quantitative estimate of drug-likeness (QED) is 0.893. The van der Waals surface area contributed by atoms with E-state index < -0.39 is 11.9 Å². The van der Waals surface area contributed by atoms with Crippen molar-refractivity contribution in [1.29, 1.82) is 0 Å². The van der Waals surface area contributed by atoms with Gasteiger partial charge in [-0.15, -0.1) is 0 Å². The fourth-order valence-corrected chi connectivity index (χ4v) is 2.72. The Balaban J connectivity index is 2.02. The van der Waals surface area contributed by atoms with Crippen molar-refractivity contribution >= 4 is 0 Å². The molecule has 4 atom stereocenters. The van der Waals surface area contributed by atoms with Crippen LogP contribution in [0.5, 0.6) is 5.75 Å². The Kier molecular flexibility index (Phi) is 4.46. The monoisotopic (exact) mass is 266 g/mol. The molecule has 1 fully saturated rings. The first-order valence-corrected chi connectivity index (χ1v) is 7.11. The third-order valence-corrected chi connectivity index (χ3v) is 4.27. The SMILES string of the molecule is CC(O)c1ccc(OC2CCC(C)C(C)C2)cc1F. The predicted octanol–water partition coefficient (Wildman–Crippen LogP) is 4.08. The molecule has 1 aliphatic carbocycles. The van der Waals surface area contributed by atoms with Crippen LogP contribution in [0.15, 0.2) is 18.2 Å². The van der Waals surface area contributed by atoms with Gasteiger partial charge in [0.2, 0.25) is 0 Å². The van der Waals surface area contributed by atoms with Gasteiger partial charge in [-0.2, -0.15) is 0 Å². The van der Waals surface area contributed by atoms with Gasteiger partial charge in [-0.3, -0.25) is 0 Å². The molecule has 19 heavy (non-hydrogen) atoms. The highest BCUT2D eigenvalue weighted by atomic mass is 19.1. The summed E-state index contributed by atoms with van der Waals surface area (Å²) in [5.41, 5.74) is 0.318. The van der Waals surface area contributed by atoms with Gasteiger partial charge >= 0.3 is 0 Å². The maximum absolute atomic E-state index is 13.8. The molecule has 0 bridgehead atoms. The van der Waals surface area contributed by atoms with Crippen LogP contribution in [-0.4, -0.2) is 11.2 Å². The van der Waals surface area contributed by atoms with Crippen LogP contribution in [0, 0.1) is 17.7 Å². The van der Waals surface area contributed by atoms with E-state index in [0.29, 0.717) is 17.2 Å². The third kappa shape index (κ3) is 3.47. The highest BCUT2D eigenvalue weighted by Gasteiger charge is 2.25. The zero-order valence-electron chi connectivity index (χ0n) is 11.9. The Labute approximate surface area is 114 Å². The minimum absolute atomic E-state index is 0.183. The molecule has 1 N–H and O–H groups in total. The second-order valence-electron chi connectivity index (χ2n) is 5.87. The molecular weight excluding hydrogens is 243 g/mol. The Morgan fingerprint density at radius 3 is 2.58 bits per heavy atom. The maximum Gasteiger partial charge on any atom is 0.132 e. The lowest BCUT2D eigenvalue weighted by Gasteiger charge is -2.32. The summed E-state index contributed by atoms with van der Waals surface area (Å²) in [5, 5.41) is 9.40. The largest absolute Gasteiger partial charge is 0.490 e. The number of ether oxygens (including phenoxy) is 1. The molecule has 1 saturated carbocycles. The van der Waals surface area contributed by atoms with Crippen molar-refractivity contribution in [2.24, 2.45) is 11.8 Å². The molecule has 0 aromatic heterocycles. The molecule has 0 aliphatic heterocycles. The number of halogens is 1. The molecule has 2 nitrogen and oxygen atoms in total. The van der Waals surface area contributed by atoms with Gasteiger partial charge in [-0.1, -0.05) is 13.8 Å². The molecule has 1 aromatic carbocycles. The lowest BCUT2D eigenvalue weighted by molar-refractivity contribution is 0.100. The molecule has 106 valence electrons. The number of benzene rings is 1. The maximum atomic E-state index is 13.8. The summed E-state index contributed by atoms with van der Waals surface area (Å²) in [6, 6.07) is 4.73. The molecule has 3 heteroatoms. The van der Waals surface area contributed by atoms with E-state index >= 15 is 0 Å². The number of hydrogen-bond donors (Lipinski definition) is 1. The van der Waals surface area contributed by atoms with E-state index in [0.717, 1.165) is 18.8 Å². The van der Waals surface area contributed by atoms with Gasteiger partial charge in [-0.25, -0.2) is 4.39 Å². The Morgan fingerprint density at radius 2 is 2.00 bits per heavy atom. The summed E-state index contributed by atoms with van der Waals surface area (Å²) < 4.78 is 19.6. The van der Waals surface area contributed by atoms with Gasteiger partial charge in [0.15, 0.2) is 0 Å². The first kappa shape index (κ1) is 14.3. The number of aliphatic hydroxyl groups is 1. The molecule has 0 saturated heterocycles. The van der Waals surface area contributed by atoms with Crippen molar-refractivity contribution in [3.8, 4) is 5.75 Å². The summed E-state index contributed by atoms with van der Waals surface area (Å²) >= 11 is 0. The van der Waals surface area contributed by atoms with Gasteiger partial charge in [-0.05, 0) is 50.2 Å². The average molecular weight is 266 g/mol. The van der Waals surface area contributed by atoms with Crippen LogP contribution in [0.1, 0.15) is 51.7 Å². The van der Waals surface area contributed by atoms with E-state index in [9.17, 15) is 9.50 Å². The van der Waals surface area contributed by atoms with E-state index in [4.69, 9.17) is 4.74 Å². The van der Waals surface area contributed by atoms with Crippen LogP contribution >= 0.6 is 0 Å². The number of aliphatic hydroxyl groups excluding tert-OH is 1. The van der Waals surface area contributed by atoms with Crippen molar-refractivity contribution in [3.05, 3.63) is 29.6 Å². The fraction of sp³-hybridized carbons (Fsp3) is 0.625. The highest BCUT2D eigenvalue weighted by Crippen LogP contribution is 2.32. The lowest BCUT2D eigenvalue weighted by atomic mass is 9.80. The molecule has 1 aromatic rings. The molecule has 0 radical (unpaired) electrons. The van der Waals surface area contributed by atoms with Gasteiger partial charge in [0, 0.05) is 11.6 Å². The average Bonchev–Trinajstić information content (AvgIpc) is 2.33. The van der Waals surface area contributed by atoms with E-state index in [1.165, 1.54) is 12.5 Å². The zero-order chi connectivity index (χ0) is 14.0. The smallest absolute Gasteiger partial charge is 0.132 e. The first-order chi connectivity index (χ1) is 8.97. The molecule has 0 amide bonds. The topological polar surface area (TPSA) is 29.5 Å². The minimum atomic E-state index is -0.787. The first-order valence-electron chi connectivity index (χ1n) is 7.11. The van der Waals surface area contributed by atoms with Crippen molar-refractivity contribution in [1.82, 2.24) is 0 Å². The van der Waals surface area contributed by atoms with E-state index in [1.54, 1.807) is 19.1 Å². The van der Waals surface area contributed by atoms with Gasteiger partial charge in [0.05, 0.1) is 12.2 Å². The summed E-state index contributed by atoms with van der Waals surface area (Å²) in [7, 11) is 0. The lowest BCUT2D eigenvalue weighted by Crippen LogP contribution is -2.28. The third-order valence-electron chi connectivity index (χ3n) is 4.27. The van der Waals surface area contributed by atoms with Crippen molar-refractivity contribution < 1.29 is 14.2 Å².